The van der Waals surface area contributed by atoms with Crippen molar-refractivity contribution in [3.05, 3.63) is 53.6 Å². The second kappa shape index (κ2) is 11.4. The molecule has 0 saturated carbocycles. The number of rotatable bonds is 11. The highest BCUT2D eigenvalue weighted by molar-refractivity contribution is 5.94. The Balaban J connectivity index is 2.23. The lowest BCUT2D eigenvalue weighted by atomic mass is 9.76. The van der Waals surface area contributed by atoms with Gasteiger partial charge in [-0.05, 0) is 66.0 Å². The molecule has 6 heteroatoms. The molecule has 0 aliphatic carbocycles. The maximum absolute atomic E-state index is 13.0. The van der Waals surface area contributed by atoms with Gasteiger partial charge in [0.2, 0.25) is 5.91 Å². The summed E-state index contributed by atoms with van der Waals surface area (Å²) < 4.78 is 6.34. The third-order valence-corrected chi connectivity index (χ3v) is 6.73. The quantitative estimate of drug-likeness (QED) is 0.338. The number of nitrogens with one attached hydrogen (secondary N) is 3. The van der Waals surface area contributed by atoms with E-state index in [1.807, 2.05) is 13.0 Å². The smallest absolute Gasteiger partial charge is 0.265 e. The third kappa shape index (κ3) is 6.99. The highest BCUT2D eigenvalue weighted by Crippen LogP contribution is 2.39. The molecule has 0 heterocycles. The highest BCUT2D eigenvalue weighted by atomic mass is 16.5. The van der Waals surface area contributed by atoms with E-state index < -0.39 is 6.10 Å². The Morgan fingerprint density at radius 1 is 0.882 bits per heavy atom. The van der Waals surface area contributed by atoms with Gasteiger partial charge in [0.25, 0.3) is 5.91 Å². The molecular formula is C28H41N3O3. The van der Waals surface area contributed by atoms with Crippen molar-refractivity contribution in [1.29, 1.82) is 0 Å². The molecule has 0 aliphatic rings. The predicted molar refractivity (Wildman–Crippen MR) is 140 cm³/mol. The summed E-state index contributed by atoms with van der Waals surface area (Å²) in [6.07, 6.45) is 1.93. The summed E-state index contributed by atoms with van der Waals surface area (Å²) in [5.74, 6) is 0.389. The van der Waals surface area contributed by atoms with E-state index in [0.717, 1.165) is 29.8 Å². The summed E-state index contributed by atoms with van der Waals surface area (Å²) >= 11 is 0. The third-order valence-electron chi connectivity index (χ3n) is 6.73. The summed E-state index contributed by atoms with van der Waals surface area (Å²) in [7, 11) is 0. The Hall–Kier alpha value is -3.02. The van der Waals surface area contributed by atoms with E-state index in [1.54, 1.807) is 24.3 Å². The lowest BCUT2D eigenvalue weighted by Gasteiger charge is -2.31. The Labute approximate surface area is 204 Å². The van der Waals surface area contributed by atoms with E-state index in [1.165, 1.54) is 12.5 Å². The molecule has 0 bridgehead atoms. The molecule has 0 radical (unpaired) electrons. The molecule has 0 spiro atoms. The summed E-state index contributed by atoms with van der Waals surface area (Å²) in [5.41, 5.74) is 9.10. The molecular weight excluding hydrogens is 426 g/mol. The zero-order valence-electron chi connectivity index (χ0n) is 22.0. The first-order valence-corrected chi connectivity index (χ1v) is 12.2. The van der Waals surface area contributed by atoms with Crippen molar-refractivity contribution >= 4 is 23.2 Å². The minimum Gasteiger partial charge on any atom is -0.480 e. The fraction of sp³-hybridized carbons (Fsp3) is 0.500. The summed E-state index contributed by atoms with van der Waals surface area (Å²) in [5, 5.41) is 2.94. The van der Waals surface area contributed by atoms with Gasteiger partial charge in [-0.25, -0.2) is 0 Å². The maximum Gasteiger partial charge on any atom is 0.265 e. The molecule has 0 aliphatic heterocycles. The molecule has 2 aromatic rings. The fourth-order valence-electron chi connectivity index (χ4n) is 3.47. The normalized spacial score (nSPS) is 12.6. The largest absolute Gasteiger partial charge is 0.480 e. The van der Waals surface area contributed by atoms with E-state index in [9.17, 15) is 9.59 Å². The van der Waals surface area contributed by atoms with E-state index in [0.29, 0.717) is 12.1 Å². The van der Waals surface area contributed by atoms with E-state index in [-0.39, 0.29) is 22.6 Å². The van der Waals surface area contributed by atoms with Crippen LogP contribution < -0.4 is 20.9 Å². The molecule has 6 nitrogen and oxygen atoms in total. The molecule has 0 fully saturated rings. The van der Waals surface area contributed by atoms with Crippen LogP contribution in [0.1, 0.15) is 85.8 Å². The van der Waals surface area contributed by atoms with Gasteiger partial charge in [-0.3, -0.25) is 20.4 Å². The lowest BCUT2D eigenvalue weighted by molar-refractivity contribution is -0.123. The van der Waals surface area contributed by atoms with Crippen molar-refractivity contribution in [2.24, 2.45) is 0 Å². The maximum atomic E-state index is 13.0. The van der Waals surface area contributed by atoms with Crippen LogP contribution in [-0.4, -0.2) is 17.9 Å². The number of carbonyl (C=O) groups excluding carboxylic acids is 2. The Kier molecular flexibility index (Phi) is 9.14. The number of hydrogen-bond acceptors (Lipinski definition) is 4. The van der Waals surface area contributed by atoms with Crippen LogP contribution >= 0.6 is 0 Å². The number of ether oxygens (including phenoxy) is 1. The fourth-order valence-corrected chi connectivity index (χ4v) is 3.47. The van der Waals surface area contributed by atoms with Crippen LogP contribution in [0.5, 0.6) is 5.75 Å². The Morgan fingerprint density at radius 2 is 1.47 bits per heavy atom. The number of benzene rings is 2. The summed E-state index contributed by atoms with van der Waals surface area (Å²) in [6.45, 7) is 16.7. The van der Waals surface area contributed by atoms with Gasteiger partial charge in [0.1, 0.15) is 5.75 Å². The second-order valence-corrected chi connectivity index (χ2v) is 10.1. The van der Waals surface area contributed by atoms with Crippen molar-refractivity contribution in [3.63, 3.8) is 0 Å². The first-order chi connectivity index (χ1) is 15.9. The van der Waals surface area contributed by atoms with Crippen LogP contribution in [-0.2, 0) is 20.4 Å². The first kappa shape index (κ1) is 27.2. The van der Waals surface area contributed by atoms with E-state index in [4.69, 9.17) is 4.74 Å². The van der Waals surface area contributed by atoms with Crippen molar-refractivity contribution in [2.45, 2.75) is 91.6 Å². The minimum absolute atomic E-state index is 0.0690. The molecule has 2 aromatic carbocycles. The van der Waals surface area contributed by atoms with E-state index in [2.05, 4.69) is 69.8 Å². The molecule has 1 atom stereocenters. The summed E-state index contributed by atoms with van der Waals surface area (Å²) in [6, 6.07) is 13.5. The minimum atomic E-state index is -0.617. The molecule has 34 heavy (non-hydrogen) atoms. The average molecular weight is 468 g/mol. The Morgan fingerprint density at radius 3 is 2.00 bits per heavy atom. The van der Waals surface area contributed by atoms with Gasteiger partial charge in [0.15, 0.2) is 6.10 Å². The number of amides is 2. The van der Waals surface area contributed by atoms with Crippen LogP contribution in [0.25, 0.3) is 0 Å². The van der Waals surface area contributed by atoms with Gasteiger partial charge in [-0.1, -0.05) is 60.6 Å². The van der Waals surface area contributed by atoms with Crippen molar-refractivity contribution in [2.75, 3.05) is 10.7 Å². The molecule has 2 amide bonds. The second-order valence-electron chi connectivity index (χ2n) is 10.1. The van der Waals surface area contributed by atoms with Gasteiger partial charge in [-0.2, -0.15) is 0 Å². The van der Waals surface area contributed by atoms with Crippen LogP contribution in [0.4, 0.5) is 11.4 Å². The van der Waals surface area contributed by atoms with Crippen molar-refractivity contribution in [3.8, 4) is 5.75 Å². The highest BCUT2D eigenvalue weighted by Gasteiger charge is 2.28. The van der Waals surface area contributed by atoms with Gasteiger partial charge in [0, 0.05) is 18.2 Å². The number of hydrazine groups is 1. The van der Waals surface area contributed by atoms with Gasteiger partial charge in [0.05, 0.1) is 5.69 Å². The van der Waals surface area contributed by atoms with Crippen LogP contribution in [0.2, 0.25) is 0 Å². The van der Waals surface area contributed by atoms with Crippen molar-refractivity contribution < 1.29 is 14.3 Å². The molecule has 2 rings (SSSR count). The summed E-state index contributed by atoms with van der Waals surface area (Å²) in [4.78, 5) is 24.1. The van der Waals surface area contributed by atoms with Crippen LogP contribution in [0.15, 0.2) is 42.5 Å². The Bertz CT molecular complexity index is 981. The number of hydrogen-bond donors (Lipinski definition) is 3. The average Bonchev–Trinajstić information content (AvgIpc) is 2.81. The van der Waals surface area contributed by atoms with Crippen molar-refractivity contribution in [1.82, 2.24) is 5.43 Å². The van der Waals surface area contributed by atoms with E-state index >= 15 is 0 Å². The SMILES string of the molecule is CCC(Oc1ccc(C(C)(C)CC)cc1C(C)(C)CC)C(=O)Nc1ccc(NNC(C)=O)cc1. The van der Waals surface area contributed by atoms with Gasteiger partial charge >= 0.3 is 0 Å². The van der Waals surface area contributed by atoms with Crippen LogP contribution in [0.3, 0.4) is 0 Å². The standard InChI is InChI=1S/C28H41N3O3/c1-9-24(26(33)29-21-13-15-22(16-14-21)31-30-19(4)32)34-25-17-12-20(27(5,6)10-2)18-23(25)28(7,8)11-3/h12-18,24,31H,9-11H2,1-8H3,(H,29,33)(H,30,32). The molecule has 1 unspecified atom stereocenters. The monoisotopic (exact) mass is 467 g/mol. The molecule has 186 valence electrons. The lowest BCUT2D eigenvalue weighted by Crippen LogP contribution is -2.33. The zero-order chi connectivity index (χ0) is 25.5. The molecule has 0 aromatic heterocycles. The first-order valence-electron chi connectivity index (χ1n) is 12.2. The number of carbonyl (C=O) groups is 2. The zero-order valence-corrected chi connectivity index (χ0v) is 22.0. The van der Waals surface area contributed by atoms with Gasteiger partial charge in [-0.15, -0.1) is 0 Å². The number of anilines is 2. The van der Waals surface area contributed by atoms with Crippen LogP contribution in [0, 0.1) is 0 Å². The molecule has 0 saturated heterocycles. The topological polar surface area (TPSA) is 79.5 Å². The predicted octanol–water partition coefficient (Wildman–Crippen LogP) is 6.32. The van der Waals surface area contributed by atoms with Gasteiger partial charge < -0.3 is 10.1 Å². The molecule has 3 N–H and O–H groups in total.